The van der Waals surface area contributed by atoms with Gasteiger partial charge in [-0.15, -0.1) is 0 Å². The molecule has 0 spiro atoms. The minimum absolute atomic E-state index is 0.0646. The summed E-state index contributed by atoms with van der Waals surface area (Å²) in [7, 11) is 3.06. The van der Waals surface area contributed by atoms with E-state index in [1.54, 1.807) is 23.1 Å². The smallest absolute Gasteiger partial charge is 0.252 e. The molecule has 1 N–H and O–H groups in total. The van der Waals surface area contributed by atoms with Crippen molar-refractivity contribution in [3.05, 3.63) is 23.8 Å². The first-order valence-electron chi connectivity index (χ1n) is 8.85. The lowest BCUT2D eigenvalue weighted by Crippen LogP contribution is -2.52. The van der Waals surface area contributed by atoms with Gasteiger partial charge in [0.25, 0.3) is 5.91 Å². The monoisotopic (exact) mass is 364 g/mol. The molecule has 1 heterocycles. The second-order valence-electron chi connectivity index (χ2n) is 6.69. The average Bonchev–Trinajstić information content (AvgIpc) is 2.66. The number of benzene rings is 1. The summed E-state index contributed by atoms with van der Waals surface area (Å²) in [5, 5.41) is 2.88. The number of rotatable bonds is 7. The second-order valence-corrected chi connectivity index (χ2v) is 6.69. The van der Waals surface area contributed by atoms with E-state index in [4.69, 9.17) is 14.2 Å². The maximum Gasteiger partial charge on any atom is 0.252 e. The van der Waals surface area contributed by atoms with Crippen molar-refractivity contribution in [2.24, 2.45) is 5.92 Å². The Hall–Kier alpha value is -2.28. The molecule has 144 valence electrons. The van der Waals surface area contributed by atoms with Crippen molar-refractivity contribution in [3.63, 3.8) is 0 Å². The molecule has 1 aliphatic heterocycles. The number of carbonyl (C=O) groups excluding carboxylic acids is 2. The summed E-state index contributed by atoms with van der Waals surface area (Å²) in [4.78, 5) is 27.3. The molecule has 1 atom stereocenters. The highest BCUT2D eigenvalue weighted by molar-refractivity contribution is 5.98. The largest absolute Gasteiger partial charge is 0.497 e. The molecule has 0 saturated carbocycles. The van der Waals surface area contributed by atoms with E-state index in [2.05, 4.69) is 5.32 Å². The quantitative estimate of drug-likeness (QED) is 0.797. The van der Waals surface area contributed by atoms with Gasteiger partial charge in [0.05, 0.1) is 27.4 Å². The average molecular weight is 364 g/mol. The minimum Gasteiger partial charge on any atom is -0.497 e. The molecule has 0 aliphatic carbocycles. The summed E-state index contributed by atoms with van der Waals surface area (Å²) in [5.41, 5.74) is 0.393. The molecule has 0 aromatic heterocycles. The van der Waals surface area contributed by atoms with Gasteiger partial charge in [0.15, 0.2) is 0 Å². The van der Waals surface area contributed by atoms with Gasteiger partial charge in [-0.3, -0.25) is 9.59 Å². The third-order valence-corrected chi connectivity index (χ3v) is 4.25. The van der Waals surface area contributed by atoms with Crippen molar-refractivity contribution in [2.75, 3.05) is 40.5 Å². The van der Waals surface area contributed by atoms with Crippen LogP contribution >= 0.6 is 0 Å². The zero-order valence-electron chi connectivity index (χ0n) is 15.9. The molecule has 7 nitrogen and oxygen atoms in total. The molecule has 7 heteroatoms. The summed E-state index contributed by atoms with van der Waals surface area (Å²) < 4.78 is 15.7. The maximum atomic E-state index is 12.9. The third kappa shape index (κ3) is 5.36. The summed E-state index contributed by atoms with van der Waals surface area (Å²) in [6, 6.07) is 4.38. The summed E-state index contributed by atoms with van der Waals surface area (Å²) in [6.45, 7) is 6.22. The van der Waals surface area contributed by atoms with Gasteiger partial charge in [0.2, 0.25) is 5.91 Å². The van der Waals surface area contributed by atoms with Crippen LogP contribution in [0.15, 0.2) is 18.2 Å². The number of carbonyl (C=O) groups is 2. The van der Waals surface area contributed by atoms with Crippen LogP contribution in [0.2, 0.25) is 0 Å². The van der Waals surface area contributed by atoms with E-state index >= 15 is 0 Å². The summed E-state index contributed by atoms with van der Waals surface area (Å²) in [6.07, 6.45) is 0.572. The second kappa shape index (κ2) is 9.43. The summed E-state index contributed by atoms with van der Waals surface area (Å²) >= 11 is 0. The molecule has 26 heavy (non-hydrogen) atoms. The number of methoxy groups -OCH3 is 2. The van der Waals surface area contributed by atoms with Crippen LogP contribution in [0, 0.1) is 5.92 Å². The van der Waals surface area contributed by atoms with Crippen molar-refractivity contribution >= 4 is 11.8 Å². The SMILES string of the molecule is COc1cc(OC)cc(C(=O)N[C@H](CC(C)C)C(=O)N2CCOCC2)c1. The fourth-order valence-electron chi connectivity index (χ4n) is 2.88. The minimum atomic E-state index is -0.571. The van der Waals surface area contributed by atoms with Crippen molar-refractivity contribution in [3.8, 4) is 11.5 Å². The molecule has 1 saturated heterocycles. The van der Waals surface area contributed by atoms with E-state index in [-0.39, 0.29) is 17.7 Å². The molecule has 2 amide bonds. The maximum absolute atomic E-state index is 12.9. The summed E-state index contributed by atoms with van der Waals surface area (Å²) in [5.74, 6) is 0.925. The van der Waals surface area contributed by atoms with Crippen LogP contribution in [0.25, 0.3) is 0 Å². The van der Waals surface area contributed by atoms with Gasteiger partial charge < -0.3 is 24.4 Å². The number of morpholine rings is 1. The Kier molecular flexibility index (Phi) is 7.26. The normalized spacial score (nSPS) is 15.5. The van der Waals surface area contributed by atoms with Gasteiger partial charge in [-0.25, -0.2) is 0 Å². The topological polar surface area (TPSA) is 77.1 Å². The number of nitrogens with one attached hydrogen (secondary N) is 1. The molecule has 0 radical (unpaired) electrons. The van der Waals surface area contributed by atoms with Gasteiger partial charge >= 0.3 is 0 Å². The Morgan fingerprint density at radius 3 is 2.19 bits per heavy atom. The Morgan fingerprint density at radius 1 is 1.12 bits per heavy atom. The fraction of sp³-hybridized carbons (Fsp3) is 0.579. The van der Waals surface area contributed by atoms with Gasteiger partial charge in [-0.2, -0.15) is 0 Å². The molecular formula is C19H28N2O5. The fourth-order valence-corrected chi connectivity index (χ4v) is 2.88. The Labute approximate surface area is 154 Å². The van der Waals surface area contributed by atoms with Crippen LogP contribution < -0.4 is 14.8 Å². The van der Waals surface area contributed by atoms with Gasteiger partial charge in [0.1, 0.15) is 17.5 Å². The Bertz CT molecular complexity index is 604. The van der Waals surface area contributed by atoms with Crippen molar-refractivity contribution in [1.29, 1.82) is 0 Å². The van der Waals surface area contributed by atoms with Crippen LogP contribution in [-0.4, -0.2) is 63.3 Å². The highest BCUT2D eigenvalue weighted by Crippen LogP contribution is 2.22. The lowest BCUT2D eigenvalue weighted by molar-refractivity contribution is -0.137. The van der Waals surface area contributed by atoms with Gasteiger partial charge in [0, 0.05) is 24.7 Å². The lowest BCUT2D eigenvalue weighted by atomic mass is 10.0. The van der Waals surface area contributed by atoms with E-state index in [0.29, 0.717) is 49.8 Å². The predicted octanol–water partition coefficient (Wildman–Crippen LogP) is 1.71. The Balaban J connectivity index is 2.16. The van der Waals surface area contributed by atoms with Crippen molar-refractivity contribution in [2.45, 2.75) is 26.3 Å². The van der Waals surface area contributed by atoms with E-state index in [1.807, 2.05) is 13.8 Å². The lowest BCUT2D eigenvalue weighted by Gasteiger charge is -2.31. The zero-order valence-corrected chi connectivity index (χ0v) is 15.9. The Morgan fingerprint density at radius 2 is 1.69 bits per heavy atom. The van der Waals surface area contributed by atoms with Gasteiger partial charge in [-0.05, 0) is 24.5 Å². The van der Waals surface area contributed by atoms with Crippen LogP contribution in [0.5, 0.6) is 11.5 Å². The highest BCUT2D eigenvalue weighted by atomic mass is 16.5. The zero-order chi connectivity index (χ0) is 19.1. The molecule has 1 aromatic rings. The number of amides is 2. The van der Waals surface area contributed by atoms with E-state index in [1.165, 1.54) is 14.2 Å². The molecule has 1 aliphatic rings. The van der Waals surface area contributed by atoms with Gasteiger partial charge in [-0.1, -0.05) is 13.8 Å². The standard InChI is InChI=1S/C19H28N2O5/c1-13(2)9-17(19(23)21-5-7-26-8-6-21)20-18(22)14-10-15(24-3)12-16(11-14)25-4/h10-13,17H,5-9H2,1-4H3,(H,20,22)/t17-/m1/s1. The number of hydrogen-bond acceptors (Lipinski definition) is 5. The first kappa shape index (κ1) is 20.0. The molecule has 0 bridgehead atoms. The van der Waals surface area contributed by atoms with Crippen molar-refractivity contribution < 1.29 is 23.8 Å². The van der Waals surface area contributed by atoms with Crippen LogP contribution in [0.1, 0.15) is 30.6 Å². The number of ether oxygens (including phenoxy) is 3. The first-order chi connectivity index (χ1) is 12.4. The number of hydrogen-bond donors (Lipinski definition) is 1. The van der Waals surface area contributed by atoms with Crippen molar-refractivity contribution in [1.82, 2.24) is 10.2 Å². The third-order valence-electron chi connectivity index (χ3n) is 4.25. The molecule has 1 aromatic carbocycles. The first-order valence-corrected chi connectivity index (χ1v) is 8.85. The number of nitrogens with zero attached hydrogens (tertiary/aromatic N) is 1. The molecular weight excluding hydrogens is 336 g/mol. The highest BCUT2D eigenvalue weighted by Gasteiger charge is 2.28. The van der Waals surface area contributed by atoms with Crippen LogP contribution in [0.4, 0.5) is 0 Å². The van der Waals surface area contributed by atoms with Crippen LogP contribution in [-0.2, 0) is 9.53 Å². The van der Waals surface area contributed by atoms with Crippen LogP contribution in [0.3, 0.4) is 0 Å². The molecule has 2 rings (SSSR count). The van der Waals surface area contributed by atoms with E-state index in [0.717, 1.165) is 0 Å². The van der Waals surface area contributed by atoms with E-state index in [9.17, 15) is 9.59 Å². The molecule has 1 fully saturated rings. The predicted molar refractivity (Wildman–Crippen MR) is 97.7 cm³/mol. The molecule has 0 unspecified atom stereocenters. The van der Waals surface area contributed by atoms with E-state index < -0.39 is 6.04 Å².